The van der Waals surface area contributed by atoms with Crippen molar-refractivity contribution < 1.29 is 19.1 Å². The molecule has 2 aromatic carbocycles. The number of anilines is 1. The van der Waals surface area contributed by atoms with Crippen molar-refractivity contribution in [2.75, 3.05) is 51.8 Å². The van der Waals surface area contributed by atoms with Crippen molar-refractivity contribution in [3.63, 3.8) is 0 Å². The third-order valence-corrected chi connectivity index (χ3v) is 7.15. The maximum Gasteiger partial charge on any atom is 0.240 e. The summed E-state index contributed by atoms with van der Waals surface area (Å²) in [7, 11) is 3.49. The monoisotopic (exact) mass is 462 g/mol. The average Bonchev–Trinajstić information content (AvgIpc) is 3.31. The summed E-state index contributed by atoms with van der Waals surface area (Å²) in [5.74, 6) is 0.429. The van der Waals surface area contributed by atoms with Crippen molar-refractivity contribution in [2.45, 2.75) is 24.3 Å². The molecule has 0 unspecified atom stereocenters. The van der Waals surface area contributed by atoms with E-state index in [0.29, 0.717) is 32.5 Å². The van der Waals surface area contributed by atoms with Gasteiger partial charge in [-0.3, -0.25) is 19.3 Å². The number of ether oxygens (including phenoxy) is 1. The molecule has 1 N–H and O–H groups in total. The number of carbonyl (C=O) groups excluding carboxylic acids is 3. The highest BCUT2D eigenvalue weighted by atomic mass is 16.5. The van der Waals surface area contributed by atoms with Crippen LogP contribution in [0.1, 0.15) is 30.0 Å². The Hall–Kier alpha value is -3.39. The van der Waals surface area contributed by atoms with E-state index in [1.807, 2.05) is 48.5 Å². The zero-order chi connectivity index (χ0) is 23.9. The third kappa shape index (κ3) is 3.62. The lowest BCUT2D eigenvalue weighted by Crippen LogP contribution is -2.48. The van der Waals surface area contributed by atoms with Crippen LogP contribution in [0.15, 0.2) is 48.5 Å². The van der Waals surface area contributed by atoms with Crippen LogP contribution in [0.5, 0.6) is 5.75 Å². The minimum atomic E-state index is -0.883. The van der Waals surface area contributed by atoms with Crippen LogP contribution < -0.4 is 15.0 Å². The molecule has 1 spiro atoms. The van der Waals surface area contributed by atoms with E-state index in [2.05, 4.69) is 10.2 Å². The van der Waals surface area contributed by atoms with Gasteiger partial charge in [0.1, 0.15) is 12.3 Å². The highest BCUT2D eigenvalue weighted by molar-refractivity contribution is 6.11. The smallest absolute Gasteiger partial charge is 0.240 e. The minimum absolute atomic E-state index is 0.0150. The highest BCUT2D eigenvalue weighted by Crippen LogP contribution is 2.56. The van der Waals surface area contributed by atoms with Gasteiger partial charge in [-0.05, 0) is 42.2 Å². The molecular formula is C26H30N4O4. The minimum Gasteiger partial charge on any atom is -0.494 e. The number of fused-ring (bicyclic) bond motifs is 6. The van der Waals surface area contributed by atoms with E-state index in [0.717, 1.165) is 22.6 Å². The molecule has 3 heterocycles. The van der Waals surface area contributed by atoms with E-state index >= 15 is 0 Å². The fourth-order valence-electron chi connectivity index (χ4n) is 5.56. The van der Waals surface area contributed by atoms with Crippen LogP contribution in [-0.4, -0.2) is 74.4 Å². The van der Waals surface area contributed by atoms with Crippen LogP contribution in [0, 0.1) is 0 Å². The topological polar surface area (TPSA) is 82.2 Å². The van der Waals surface area contributed by atoms with E-state index in [9.17, 15) is 14.4 Å². The molecule has 2 aromatic rings. The number of likely N-dealkylation sites (tertiary alicyclic amines) is 1. The Morgan fingerprint density at radius 1 is 1.18 bits per heavy atom. The maximum absolute atomic E-state index is 14.2. The molecule has 0 radical (unpaired) electrons. The second-order valence-corrected chi connectivity index (χ2v) is 9.42. The number of benzene rings is 2. The van der Waals surface area contributed by atoms with E-state index < -0.39 is 5.41 Å². The molecule has 1 saturated heterocycles. The van der Waals surface area contributed by atoms with E-state index in [-0.39, 0.29) is 36.9 Å². The van der Waals surface area contributed by atoms with Gasteiger partial charge < -0.3 is 19.9 Å². The Balaban J connectivity index is 1.68. The first-order valence-corrected chi connectivity index (χ1v) is 11.8. The lowest BCUT2D eigenvalue weighted by molar-refractivity contribution is -0.131. The number of likely N-dealkylation sites (N-methyl/N-ethyl adjacent to an activating group) is 1. The first-order valence-electron chi connectivity index (χ1n) is 11.8. The molecule has 3 aliphatic rings. The van der Waals surface area contributed by atoms with Gasteiger partial charge in [-0.15, -0.1) is 0 Å². The summed E-state index contributed by atoms with van der Waals surface area (Å²) in [4.78, 5) is 45.0. The summed E-state index contributed by atoms with van der Waals surface area (Å²) in [5, 5.41) is 2.91. The summed E-state index contributed by atoms with van der Waals surface area (Å²) in [6.45, 7) is 1.74. The van der Waals surface area contributed by atoms with Gasteiger partial charge in [0.15, 0.2) is 0 Å². The van der Waals surface area contributed by atoms with Crippen molar-refractivity contribution >= 4 is 23.4 Å². The summed E-state index contributed by atoms with van der Waals surface area (Å²) >= 11 is 0. The van der Waals surface area contributed by atoms with Gasteiger partial charge in [-0.1, -0.05) is 30.3 Å². The number of rotatable bonds is 2. The van der Waals surface area contributed by atoms with Crippen LogP contribution in [0.2, 0.25) is 0 Å². The molecule has 3 amide bonds. The molecule has 0 aliphatic carbocycles. The first-order chi connectivity index (χ1) is 16.4. The van der Waals surface area contributed by atoms with Gasteiger partial charge in [0, 0.05) is 32.9 Å². The van der Waals surface area contributed by atoms with Gasteiger partial charge in [-0.25, -0.2) is 0 Å². The summed E-state index contributed by atoms with van der Waals surface area (Å²) in [5.41, 5.74) is 1.74. The van der Waals surface area contributed by atoms with Gasteiger partial charge in [0.05, 0.1) is 24.6 Å². The Morgan fingerprint density at radius 2 is 2.00 bits per heavy atom. The van der Waals surface area contributed by atoms with E-state index in [1.54, 1.807) is 23.9 Å². The molecule has 4 bridgehead atoms. The van der Waals surface area contributed by atoms with Crippen LogP contribution in [0.25, 0.3) is 0 Å². The van der Waals surface area contributed by atoms with Crippen LogP contribution >= 0.6 is 0 Å². The van der Waals surface area contributed by atoms with E-state index in [4.69, 9.17) is 4.74 Å². The lowest BCUT2D eigenvalue weighted by Gasteiger charge is -2.35. The molecule has 5 rings (SSSR count). The number of hydrogen-bond donors (Lipinski definition) is 1. The standard InChI is InChI=1S/C26H30N4O4/c1-28(2)23(32)17-29-13-11-26-20-9-3-4-10-21(20)30(25(26)33)16-22(31)27-12-6-14-34-19-8-5-7-18(15-19)24(26)29/h3-5,7-10,15,24H,6,11-14,16-17H2,1-2H3,(H,27,31)/t24-,26+/m0/s1. The Bertz CT molecular complexity index is 1130. The molecule has 0 saturated carbocycles. The zero-order valence-corrected chi connectivity index (χ0v) is 19.6. The fraction of sp³-hybridized carbons (Fsp3) is 0.423. The number of para-hydroxylation sites is 1. The summed E-state index contributed by atoms with van der Waals surface area (Å²) < 4.78 is 5.96. The quantitative estimate of drug-likeness (QED) is 0.735. The summed E-state index contributed by atoms with van der Waals surface area (Å²) in [6, 6.07) is 15.2. The summed E-state index contributed by atoms with van der Waals surface area (Å²) in [6.07, 6.45) is 1.23. The van der Waals surface area contributed by atoms with Gasteiger partial charge in [-0.2, -0.15) is 0 Å². The Kier molecular flexibility index (Phi) is 5.77. The largest absolute Gasteiger partial charge is 0.494 e. The van der Waals surface area contributed by atoms with Crippen LogP contribution in [0.3, 0.4) is 0 Å². The van der Waals surface area contributed by atoms with Crippen molar-refractivity contribution in [1.82, 2.24) is 15.1 Å². The molecule has 178 valence electrons. The number of nitrogens with zero attached hydrogens (tertiary/aromatic N) is 3. The molecule has 0 aromatic heterocycles. The predicted octanol–water partition coefficient (Wildman–Crippen LogP) is 1.70. The molecule has 8 heteroatoms. The molecule has 3 aliphatic heterocycles. The molecular weight excluding hydrogens is 432 g/mol. The second-order valence-electron chi connectivity index (χ2n) is 9.42. The number of nitrogens with one attached hydrogen (secondary N) is 1. The number of carbonyl (C=O) groups is 3. The van der Waals surface area contributed by atoms with Crippen LogP contribution in [-0.2, 0) is 19.8 Å². The van der Waals surface area contributed by atoms with Crippen molar-refractivity contribution in [1.29, 1.82) is 0 Å². The zero-order valence-electron chi connectivity index (χ0n) is 19.6. The van der Waals surface area contributed by atoms with Gasteiger partial charge in [0.2, 0.25) is 17.7 Å². The molecule has 34 heavy (non-hydrogen) atoms. The first kappa shape index (κ1) is 22.4. The Morgan fingerprint density at radius 3 is 2.82 bits per heavy atom. The molecule has 1 fully saturated rings. The van der Waals surface area contributed by atoms with E-state index in [1.165, 1.54) is 0 Å². The number of amides is 3. The van der Waals surface area contributed by atoms with Crippen LogP contribution in [0.4, 0.5) is 5.69 Å². The van der Waals surface area contributed by atoms with Gasteiger partial charge in [0.25, 0.3) is 0 Å². The average molecular weight is 463 g/mol. The normalized spacial score (nSPS) is 24.5. The Labute approximate surface area is 199 Å². The fourth-order valence-corrected chi connectivity index (χ4v) is 5.56. The maximum atomic E-state index is 14.2. The lowest BCUT2D eigenvalue weighted by atomic mass is 9.72. The third-order valence-electron chi connectivity index (χ3n) is 7.15. The highest BCUT2D eigenvalue weighted by Gasteiger charge is 2.60. The predicted molar refractivity (Wildman–Crippen MR) is 128 cm³/mol. The van der Waals surface area contributed by atoms with Crippen molar-refractivity contribution in [3.8, 4) is 5.75 Å². The molecule has 8 nitrogen and oxygen atoms in total. The number of hydrogen-bond acceptors (Lipinski definition) is 5. The van der Waals surface area contributed by atoms with Gasteiger partial charge >= 0.3 is 0 Å². The van der Waals surface area contributed by atoms with Crippen molar-refractivity contribution in [2.24, 2.45) is 0 Å². The molecule has 2 atom stereocenters. The van der Waals surface area contributed by atoms with Crippen molar-refractivity contribution in [3.05, 3.63) is 59.7 Å². The SMILES string of the molecule is CN(C)C(=O)CN1CC[C@]23C(=O)N(CC(=O)NCCCOc4cccc(c4)[C@H]12)c1ccccc13. The second kappa shape index (κ2) is 8.76.